The Balaban J connectivity index is 1.55. The zero-order chi connectivity index (χ0) is 17.8. The highest BCUT2D eigenvalue weighted by molar-refractivity contribution is 5.94. The fourth-order valence-corrected chi connectivity index (χ4v) is 3.04. The molecule has 0 unspecified atom stereocenters. The first-order chi connectivity index (χ1) is 12.1. The lowest BCUT2D eigenvalue weighted by atomic mass is 10.1. The van der Waals surface area contributed by atoms with Crippen molar-refractivity contribution in [2.75, 3.05) is 13.7 Å². The number of carbonyl (C=O) groups excluding carboxylic acids is 2. The van der Waals surface area contributed by atoms with Crippen LogP contribution in [-0.2, 0) is 11.2 Å². The average Bonchev–Trinajstić information content (AvgIpc) is 2.95. The molecule has 0 heterocycles. The van der Waals surface area contributed by atoms with Gasteiger partial charge in [0.1, 0.15) is 5.75 Å². The lowest BCUT2D eigenvalue weighted by Gasteiger charge is -2.18. The van der Waals surface area contributed by atoms with E-state index in [0.717, 1.165) is 12.0 Å². The third-order valence-corrected chi connectivity index (χ3v) is 4.33. The first-order valence-electron chi connectivity index (χ1n) is 8.16. The van der Waals surface area contributed by atoms with E-state index in [1.807, 2.05) is 24.3 Å². The second kappa shape index (κ2) is 7.36. The van der Waals surface area contributed by atoms with Crippen LogP contribution in [-0.4, -0.2) is 31.5 Å². The molecular formula is C19H21N3O3. The number of benzene rings is 2. The minimum absolute atomic E-state index is 0.128. The van der Waals surface area contributed by atoms with Crippen molar-refractivity contribution < 1.29 is 14.3 Å². The van der Waals surface area contributed by atoms with Gasteiger partial charge in [0.15, 0.2) is 6.61 Å². The Labute approximate surface area is 146 Å². The molecule has 2 atom stereocenters. The van der Waals surface area contributed by atoms with E-state index in [9.17, 15) is 9.59 Å². The maximum Gasteiger partial charge on any atom is 0.258 e. The third kappa shape index (κ3) is 3.80. The summed E-state index contributed by atoms with van der Waals surface area (Å²) in [5, 5.41) is 5.47. The van der Waals surface area contributed by atoms with Gasteiger partial charge in [-0.3, -0.25) is 9.59 Å². The molecule has 0 fully saturated rings. The smallest absolute Gasteiger partial charge is 0.258 e. The van der Waals surface area contributed by atoms with Crippen molar-refractivity contribution in [3.8, 4) is 5.75 Å². The summed E-state index contributed by atoms with van der Waals surface area (Å²) >= 11 is 0. The quantitative estimate of drug-likeness (QED) is 0.762. The van der Waals surface area contributed by atoms with Crippen molar-refractivity contribution >= 4 is 11.8 Å². The van der Waals surface area contributed by atoms with Crippen LogP contribution in [0, 0.1) is 0 Å². The highest BCUT2D eigenvalue weighted by Crippen LogP contribution is 2.29. The van der Waals surface area contributed by atoms with Gasteiger partial charge in [0.2, 0.25) is 0 Å². The minimum Gasteiger partial charge on any atom is -0.484 e. The number of amides is 2. The molecule has 6 nitrogen and oxygen atoms in total. The Hall–Kier alpha value is -2.86. The van der Waals surface area contributed by atoms with E-state index in [-0.39, 0.29) is 30.5 Å². The standard InChI is InChI=1S/C19H21N3O3/c1-21-19(24)13-6-4-7-14(9-13)25-11-17(23)22-16-10-12-5-2-3-8-15(12)18(16)20/h2-9,16,18H,10-11,20H2,1H3,(H,21,24)(H,22,23)/t16-,18-/m1/s1. The molecule has 1 aliphatic carbocycles. The SMILES string of the molecule is CNC(=O)c1cccc(OCC(=O)N[C@@H]2Cc3ccccc3[C@H]2N)c1. The molecule has 0 saturated carbocycles. The van der Waals surface area contributed by atoms with E-state index in [1.165, 1.54) is 5.56 Å². The maximum absolute atomic E-state index is 12.2. The molecule has 130 valence electrons. The number of fused-ring (bicyclic) bond motifs is 1. The molecule has 0 spiro atoms. The molecule has 0 saturated heterocycles. The molecule has 0 aromatic heterocycles. The van der Waals surface area contributed by atoms with E-state index in [1.54, 1.807) is 31.3 Å². The normalized spacial score (nSPS) is 18.3. The van der Waals surface area contributed by atoms with Crippen LogP contribution in [0.15, 0.2) is 48.5 Å². The number of rotatable bonds is 5. The third-order valence-electron chi connectivity index (χ3n) is 4.33. The second-order valence-corrected chi connectivity index (χ2v) is 6.00. The summed E-state index contributed by atoms with van der Waals surface area (Å²) in [6, 6.07) is 14.3. The van der Waals surface area contributed by atoms with Crippen molar-refractivity contribution in [3.05, 3.63) is 65.2 Å². The Morgan fingerprint density at radius 3 is 2.76 bits per heavy atom. The highest BCUT2D eigenvalue weighted by atomic mass is 16.5. The number of nitrogens with one attached hydrogen (secondary N) is 2. The van der Waals surface area contributed by atoms with Crippen LogP contribution in [0.3, 0.4) is 0 Å². The van der Waals surface area contributed by atoms with Gasteiger partial charge in [0.05, 0.1) is 12.1 Å². The molecule has 2 aromatic rings. The first-order valence-corrected chi connectivity index (χ1v) is 8.16. The fraction of sp³-hybridized carbons (Fsp3) is 0.263. The predicted octanol–water partition coefficient (Wildman–Crippen LogP) is 1.17. The Bertz CT molecular complexity index is 791. The van der Waals surface area contributed by atoms with Crippen LogP contribution in [0.2, 0.25) is 0 Å². The van der Waals surface area contributed by atoms with E-state index in [4.69, 9.17) is 10.5 Å². The summed E-state index contributed by atoms with van der Waals surface area (Å²) in [6.45, 7) is -0.128. The monoisotopic (exact) mass is 339 g/mol. The van der Waals surface area contributed by atoms with Gasteiger partial charge in [-0.2, -0.15) is 0 Å². The molecular weight excluding hydrogens is 318 g/mol. The zero-order valence-electron chi connectivity index (χ0n) is 14.0. The minimum atomic E-state index is -0.237. The van der Waals surface area contributed by atoms with Crippen LogP contribution >= 0.6 is 0 Å². The van der Waals surface area contributed by atoms with Crippen molar-refractivity contribution in [2.45, 2.75) is 18.5 Å². The molecule has 6 heteroatoms. The van der Waals surface area contributed by atoms with Gasteiger partial charge in [0.25, 0.3) is 11.8 Å². The number of carbonyl (C=O) groups is 2. The topological polar surface area (TPSA) is 93.4 Å². The molecule has 4 N–H and O–H groups in total. The van der Waals surface area contributed by atoms with Gasteiger partial charge in [-0.05, 0) is 35.7 Å². The molecule has 0 bridgehead atoms. The van der Waals surface area contributed by atoms with Gasteiger partial charge in [-0.1, -0.05) is 30.3 Å². The van der Waals surface area contributed by atoms with E-state index in [0.29, 0.717) is 11.3 Å². The summed E-state index contributed by atoms with van der Waals surface area (Å²) in [4.78, 5) is 23.8. The average molecular weight is 339 g/mol. The number of nitrogens with two attached hydrogens (primary N) is 1. The Morgan fingerprint density at radius 2 is 2.00 bits per heavy atom. The van der Waals surface area contributed by atoms with Crippen molar-refractivity contribution in [1.82, 2.24) is 10.6 Å². The summed E-state index contributed by atoms with van der Waals surface area (Å²) < 4.78 is 5.49. The van der Waals surface area contributed by atoms with Crippen LogP contribution in [0.5, 0.6) is 5.75 Å². The fourth-order valence-electron chi connectivity index (χ4n) is 3.04. The number of hydrogen-bond donors (Lipinski definition) is 3. The largest absolute Gasteiger partial charge is 0.484 e. The van der Waals surface area contributed by atoms with Crippen LogP contribution in [0.25, 0.3) is 0 Å². The summed E-state index contributed by atoms with van der Waals surface area (Å²) in [6.07, 6.45) is 0.717. The zero-order valence-corrected chi connectivity index (χ0v) is 14.0. The van der Waals surface area contributed by atoms with Crippen LogP contribution in [0.4, 0.5) is 0 Å². The number of hydrogen-bond acceptors (Lipinski definition) is 4. The van der Waals surface area contributed by atoms with Crippen LogP contribution < -0.4 is 21.1 Å². The van der Waals surface area contributed by atoms with E-state index in [2.05, 4.69) is 10.6 Å². The van der Waals surface area contributed by atoms with Gasteiger partial charge in [-0.25, -0.2) is 0 Å². The van der Waals surface area contributed by atoms with E-state index < -0.39 is 0 Å². The molecule has 2 amide bonds. The highest BCUT2D eigenvalue weighted by Gasteiger charge is 2.30. The predicted molar refractivity (Wildman–Crippen MR) is 94.3 cm³/mol. The second-order valence-electron chi connectivity index (χ2n) is 6.00. The van der Waals surface area contributed by atoms with Crippen molar-refractivity contribution in [1.29, 1.82) is 0 Å². The van der Waals surface area contributed by atoms with Gasteiger partial charge in [-0.15, -0.1) is 0 Å². The lowest BCUT2D eigenvalue weighted by molar-refractivity contribution is -0.123. The Morgan fingerprint density at radius 1 is 1.20 bits per heavy atom. The number of ether oxygens (including phenoxy) is 1. The maximum atomic E-state index is 12.2. The van der Waals surface area contributed by atoms with E-state index >= 15 is 0 Å². The first kappa shape index (κ1) is 17.0. The summed E-state index contributed by atoms with van der Waals surface area (Å²) in [5.41, 5.74) is 8.94. The van der Waals surface area contributed by atoms with Crippen molar-refractivity contribution in [3.63, 3.8) is 0 Å². The molecule has 25 heavy (non-hydrogen) atoms. The van der Waals surface area contributed by atoms with Crippen molar-refractivity contribution in [2.24, 2.45) is 5.73 Å². The van der Waals surface area contributed by atoms with Gasteiger partial charge < -0.3 is 21.1 Å². The van der Waals surface area contributed by atoms with Crippen LogP contribution in [0.1, 0.15) is 27.5 Å². The summed E-state index contributed by atoms with van der Waals surface area (Å²) in [5.74, 6) is 0.0263. The van der Waals surface area contributed by atoms with Gasteiger partial charge >= 0.3 is 0 Å². The molecule has 1 aliphatic rings. The van der Waals surface area contributed by atoms with Gasteiger partial charge in [0, 0.05) is 12.6 Å². The summed E-state index contributed by atoms with van der Waals surface area (Å²) in [7, 11) is 1.56. The Kier molecular flexibility index (Phi) is 5.00. The molecule has 0 radical (unpaired) electrons. The molecule has 3 rings (SSSR count). The molecule has 2 aromatic carbocycles. The molecule has 0 aliphatic heterocycles. The lowest BCUT2D eigenvalue weighted by Crippen LogP contribution is -2.42.